The number of aromatic nitrogens is 4. The standard InChI is InChI=1S/C18H18ClN5O2/c1-3-12-4-6-13(7-5-12)18-21-23-24(22-18)11-17(25)20-15-10-14(19)8-9-16(15)26-2/h4-10H,3,11H2,1-2H3,(H,20,25). The van der Waals surface area contributed by atoms with Gasteiger partial charge in [0, 0.05) is 10.6 Å². The van der Waals surface area contributed by atoms with Crippen molar-refractivity contribution in [3.05, 3.63) is 53.1 Å². The molecule has 8 heteroatoms. The molecule has 0 saturated heterocycles. The van der Waals surface area contributed by atoms with Crippen molar-refractivity contribution in [1.82, 2.24) is 20.2 Å². The van der Waals surface area contributed by atoms with Gasteiger partial charge in [-0.05, 0) is 35.4 Å². The largest absolute Gasteiger partial charge is 0.495 e. The summed E-state index contributed by atoms with van der Waals surface area (Å²) in [5.41, 5.74) is 2.57. The maximum atomic E-state index is 12.3. The molecular weight excluding hydrogens is 354 g/mol. The van der Waals surface area contributed by atoms with E-state index in [4.69, 9.17) is 16.3 Å². The first kappa shape index (κ1) is 17.9. The predicted octanol–water partition coefficient (Wildman–Crippen LogP) is 3.20. The first-order valence-corrected chi connectivity index (χ1v) is 8.47. The van der Waals surface area contributed by atoms with Gasteiger partial charge in [0.1, 0.15) is 12.3 Å². The molecule has 1 aromatic heterocycles. The maximum Gasteiger partial charge on any atom is 0.248 e. The van der Waals surface area contributed by atoms with Crippen LogP contribution in [0.4, 0.5) is 5.69 Å². The fourth-order valence-electron chi connectivity index (χ4n) is 2.41. The molecule has 7 nitrogen and oxygen atoms in total. The summed E-state index contributed by atoms with van der Waals surface area (Å²) in [6.45, 7) is 2.02. The Balaban J connectivity index is 1.69. The lowest BCUT2D eigenvalue weighted by Crippen LogP contribution is -2.20. The van der Waals surface area contributed by atoms with Crippen LogP contribution in [-0.4, -0.2) is 33.2 Å². The fourth-order valence-corrected chi connectivity index (χ4v) is 2.58. The van der Waals surface area contributed by atoms with Crippen LogP contribution in [0.25, 0.3) is 11.4 Å². The number of carbonyl (C=O) groups excluding carboxylic acids is 1. The van der Waals surface area contributed by atoms with E-state index in [1.54, 1.807) is 18.2 Å². The van der Waals surface area contributed by atoms with Crippen LogP contribution in [0.2, 0.25) is 5.02 Å². The van der Waals surface area contributed by atoms with Crippen molar-refractivity contribution in [1.29, 1.82) is 0 Å². The Morgan fingerprint density at radius 1 is 1.23 bits per heavy atom. The predicted molar refractivity (Wildman–Crippen MR) is 99.3 cm³/mol. The topological polar surface area (TPSA) is 81.9 Å². The lowest BCUT2D eigenvalue weighted by molar-refractivity contribution is -0.117. The Bertz CT molecular complexity index is 908. The van der Waals surface area contributed by atoms with Crippen molar-refractivity contribution in [2.75, 3.05) is 12.4 Å². The van der Waals surface area contributed by atoms with Gasteiger partial charge in [0.2, 0.25) is 11.7 Å². The number of hydrogen-bond acceptors (Lipinski definition) is 5. The van der Waals surface area contributed by atoms with Crippen LogP contribution >= 0.6 is 11.6 Å². The molecule has 1 amide bonds. The molecule has 2 aromatic carbocycles. The van der Waals surface area contributed by atoms with E-state index in [0.717, 1.165) is 12.0 Å². The second-order valence-corrected chi connectivity index (χ2v) is 6.02. The lowest BCUT2D eigenvalue weighted by Gasteiger charge is -2.10. The summed E-state index contributed by atoms with van der Waals surface area (Å²) >= 11 is 5.96. The number of halogens is 1. The molecule has 3 rings (SSSR count). The summed E-state index contributed by atoms with van der Waals surface area (Å²) in [5, 5.41) is 15.4. The van der Waals surface area contributed by atoms with E-state index in [1.165, 1.54) is 17.5 Å². The van der Waals surface area contributed by atoms with Crippen LogP contribution in [0.15, 0.2) is 42.5 Å². The summed E-state index contributed by atoms with van der Waals surface area (Å²) in [7, 11) is 1.52. The Morgan fingerprint density at radius 3 is 2.69 bits per heavy atom. The maximum absolute atomic E-state index is 12.3. The van der Waals surface area contributed by atoms with Gasteiger partial charge in [-0.25, -0.2) is 0 Å². The third kappa shape index (κ3) is 4.18. The van der Waals surface area contributed by atoms with Crippen LogP contribution in [0.3, 0.4) is 0 Å². The fraction of sp³-hybridized carbons (Fsp3) is 0.222. The molecule has 0 radical (unpaired) electrons. The number of ether oxygens (including phenoxy) is 1. The lowest BCUT2D eigenvalue weighted by atomic mass is 10.1. The zero-order valence-electron chi connectivity index (χ0n) is 14.4. The highest BCUT2D eigenvalue weighted by atomic mass is 35.5. The number of methoxy groups -OCH3 is 1. The second-order valence-electron chi connectivity index (χ2n) is 5.59. The molecule has 0 fully saturated rings. The number of anilines is 1. The number of nitrogens with one attached hydrogen (secondary N) is 1. The van der Waals surface area contributed by atoms with E-state index in [9.17, 15) is 4.79 Å². The van der Waals surface area contributed by atoms with Crippen molar-refractivity contribution in [3.8, 4) is 17.1 Å². The molecule has 3 aromatic rings. The monoisotopic (exact) mass is 371 g/mol. The van der Waals surface area contributed by atoms with Crippen LogP contribution in [0.5, 0.6) is 5.75 Å². The zero-order chi connectivity index (χ0) is 18.5. The average molecular weight is 372 g/mol. The van der Waals surface area contributed by atoms with E-state index >= 15 is 0 Å². The van der Waals surface area contributed by atoms with Crippen LogP contribution in [0.1, 0.15) is 12.5 Å². The first-order valence-electron chi connectivity index (χ1n) is 8.09. The van der Waals surface area contributed by atoms with Crippen molar-refractivity contribution in [3.63, 3.8) is 0 Å². The highest BCUT2D eigenvalue weighted by Crippen LogP contribution is 2.27. The van der Waals surface area contributed by atoms with E-state index in [2.05, 4.69) is 27.7 Å². The van der Waals surface area contributed by atoms with E-state index in [1.807, 2.05) is 24.3 Å². The van der Waals surface area contributed by atoms with E-state index in [0.29, 0.717) is 22.3 Å². The number of tetrazole rings is 1. The molecule has 0 atom stereocenters. The van der Waals surface area contributed by atoms with E-state index < -0.39 is 0 Å². The van der Waals surface area contributed by atoms with Gasteiger partial charge in [-0.15, -0.1) is 10.2 Å². The van der Waals surface area contributed by atoms with Gasteiger partial charge in [0.05, 0.1) is 12.8 Å². The number of nitrogens with zero attached hydrogens (tertiary/aromatic N) is 4. The number of carbonyl (C=O) groups is 1. The van der Waals surface area contributed by atoms with E-state index in [-0.39, 0.29) is 12.5 Å². The van der Waals surface area contributed by atoms with Crippen molar-refractivity contribution in [2.24, 2.45) is 0 Å². The smallest absolute Gasteiger partial charge is 0.248 e. The van der Waals surface area contributed by atoms with Crippen LogP contribution < -0.4 is 10.1 Å². The number of rotatable bonds is 6. The highest BCUT2D eigenvalue weighted by Gasteiger charge is 2.12. The van der Waals surface area contributed by atoms with Gasteiger partial charge in [-0.1, -0.05) is 42.8 Å². The van der Waals surface area contributed by atoms with Crippen molar-refractivity contribution < 1.29 is 9.53 Å². The summed E-state index contributed by atoms with van der Waals surface area (Å²) in [4.78, 5) is 13.5. The summed E-state index contributed by atoms with van der Waals surface area (Å²) in [5.74, 6) is 0.683. The minimum absolute atomic E-state index is 0.0737. The van der Waals surface area contributed by atoms with Crippen molar-refractivity contribution >= 4 is 23.2 Å². The molecule has 134 valence electrons. The van der Waals surface area contributed by atoms with Gasteiger partial charge >= 0.3 is 0 Å². The molecule has 0 aliphatic rings. The third-order valence-corrected chi connectivity index (χ3v) is 4.03. The summed E-state index contributed by atoms with van der Waals surface area (Å²) in [6, 6.07) is 12.9. The molecule has 0 bridgehead atoms. The molecule has 0 spiro atoms. The SMILES string of the molecule is CCc1ccc(-c2nnn(CC(=O)Nc3cc(Cl)ccc3OC)n2)cc1. The Kier molecular flexibility index (Phi) is 5.48. The number of benzene rings is 2. The molecule has 0 saturated carbocycles. The number of amides is 1. The quantitative estimate of drug-likeness (QED) is 0.719. The molecule has 0 unspecified atom stereocenters. The van der Waals surface area contributed by atoms with Crippen LogP contribution in [-0.2, 0) is 17.8 Å². The third-order valence-electron chi connectivity index (χ3n) is 3.79. The summed E-state index contributed by atoms with van der Waals surface area (Å²) < 4.78 is 5.21. The highest BCUT2D eigenvalue weighted by molar-refractivity contribution is 6.31. The molecule has 0 aliphatic carbocycles. The Hall–Kier alpha value is -2.93. The molecule has 26 heavy (non-hydrogen) atoms. The average Bonchev–Trinajstić information content (AvgIpc) is 3.10. The zero-order valence-corrected chi connectivity index (χ0v) is 15.2. The van der Waals surface area contributed by atoms with Crippen molar-refractivity contribution in [2.45, 2.75) is 19.9 Å². The minimum atomic E-state index is -0.309. The second kappa shape index (κ2) is 7.97. The van der Waals surface area contributed by atoms with Gasteiger partial charge in [-0.3, -0.25) is 4.79 Å². The molecule has 1 N–H and O–H groups in total. The molecular formula is C18H18ClN5O2. The van der Waals surface area contributed by atoms with Gasteiger partial charge in [0.25, 0.3) is 0 Å². The normalized spacial score (nSPS) is 10.6. The Morgan fingerprint density at radius 2 is 2.00 bits per heavy atom. The number of hydrogen-bond donors (Lipinski definition) is 1. The van der Waals surface area contributed by atoms with Crippen LogP contribution in [0, 0.1) is 0 Å². The number of aryl methyl sites for hydroxylation is 1. The van der Waals surface area contributed by atoms with Gasteiger partial charge in [-0.2, -0.15) is 4.80 Å². The van der Waals surface area contributed by atoms with Gasteiger partial charge < -0.3 is 10.1 Å². The summed E-state index contributed by atoms with van der Waals surface area (Å²) in [6.07, 6.45) is 0.966. The Labute approximate surface area is 155 Å². The molecule has 0 aliphatic heterocycles. The van der Waals surface area contributed by atoms with Gasteiger partial charge in [0.15, 0.2) is 0 Å². The minimum Gasteiger partial charge on any atom is -0.495 e. The molecule has 1 heterocycles. The first-order chi connectivity index (χ1) is 12.6.